The van der Waals surface area contributed by atoms with Gasteiger partial charge in [0.2, 0.25) is 10.0 Å². The Bertz CT molecular complexity index is 632. The van der Waals surface area contributed by atoms with E-state index in [4.69, 9.17) is 14.2 Å². The second-order valence-electron chi connectivity index (χ2n) is 4.68. The first-order valence-corrected chi connectivity index (χ1v) is 9.55. The lowest BCUT2D eigenvalue weighted by Crippen LogP contribution is -2.31. The van der Waals surface area contributed by atoms with Crippen molar-refractivity contribution in [2.75, 3.05) is 39.4 Å². The number of rotatable bonds is 6. The van der Waals surface area contributed by atoms with Gasteiger partial charge in [0.15, 0.2) is 11.5 Å². The minimum atomic E-state index is -3.27. The lowest BCUT2D eigenvalue weighted by molar-refractivity contribution is 0.344. The van der Waals surface area contributed by atoms with Crippen LogP contribution in [-0.2, 0) is 10.0 Å². The van der Waals surface area contributed by atoms with Crippen LogP contribution in [0.5, 0.6) is 17.2 Å². The predicted molar refractivity (Wildman–Crippen MR) is 87.5 cm³/mol. The molecule has 1 aromatic carbocycles. The van der Waals surface area contributed by atoms with E-state index in [-0.39, 0.29) is 11.1 Å². The van der Waals surface area contributed by atoms with Gasteiger partial charge in [0, 0.05) is 23.9 Å². The third-order valence-electron chi connectivity index (χ3n) is 3.57. The summed E-state index contributed by atoms with van der Waals surface area (Å²) in [6, 6.07) is 3.52. The predicted octanol–water partition coefficient (Wildman–Crippen LogP) is 2.11. The van der Waals surface area contributed by atoms with E-state index in [0.29, 0.717) is 23.8 Å². The van der Waals surface area contributed by atoms with Crippen LogP contribution in [0.3, 0.4) is 0 Å². The van der Waals surface area contributed by atoms with E-state index >= 15 is 0 Å². The number of hydrogen-bond acceptors (Lipinski definition) is 6. The van der Waals surface area contributed by atoms with Gasteiger partial charge in [-0.05, 0) is 13.0 Å². The Morgan fingerprint density at radius 2 is 1.73 bits per heavy atom. The second kappa shape index (κ2) is 6.97. The van der Waals surface area contributed by atoms with Gasteiger partial charge in [-0.25, -0.2) is 8.42 Å². The van der Waals surface area contributed by atoms with Crippen molar-refractivity contribution < 1.29 is 22.6 Å². The molecule has 1 unspecified atom stereocenters. The third-order valence-corrected chi connectivity index (χ3v) is 6.79. The summed E-state index contributed by atoms with van der Waals surface area (Å²) in [7, 11) is 1.39. The van der Waals surface area contributed by atoms with Crippen LogP contribution in [0.4, 0.5) is 0 Å². The van der Waals surface area contributed by atoms with Gasteiger partial charge in [0.1, 0.15) is 5.75 Å². The lowest BCUT2D eigenvalue weighted by atomic mass is 10.1. The first-order chi connectivity index (χ1) is 10.5. The number of sulfonamides is 1. The standard InChI is InChI=1S/C14H21NO5S2/c1-5-22(16,17)15-6-7-21-14(15)10-8-12(19-3)13(20-4)9-11(10)18-2/h8-9,14H,5-7H2,1-4H3. The second-order valence-corrected chi connectivity index (χ2v) is 8.08. The van der Waals surface area contributed by atoms with Crippen LogP contribution in [-0.4, -0.2) is 52.1 Å². The summed E-state index contributed by atoms with van der Waals surface area (Å²) in [4.78, 5) is 0. The molecule has 0 amide bonds. The Labute approximate surface area is 135 Å². The zero-order valence-electron chi connectivity index (χ0n) is 13.2. The van der Waals surface area contributed by atoms with E-state index in [9.17, 15) is 8.42 Å². The highest BCUT2D eigenvalue weighted by atomic mass is 32.2. The zero-order valence-corrected chi connectivity index (χ0v) is 14.8. The van der Waals surface area contributed by atoms with Gasteiger partial charge in [0.25, 0.3) is 0 Å². The van der Waals surface area contributed by atoms with E-state index in [2.05, 4.69) is 0 Å². The van der Waals surface area contributed by atoms with Crippen LogP contribution >= 0.6 is 11.8 Å². The lowest BCUT2D eigenvalue weighted by Gasteiger charge is -2.25. The van der Waals surface area contributed by atoms with E-state index in [1.165, 1.54) is 4.31 Å². The first-order valence-electron chi connectivity index (χ1n) is 6.89. The molecule has 1 saturated heterocycles. The Morgan fingerprint density at radius 1 is 1.14 bits per heavy atom. The molecule has 0 aromatic heterocycles. The molecule has 0 N–H and O–H groups in total. The quantitative estimate of drug-likeness (QED) is 0.785. The molecule has 1 aromatic rings. The maximum absolute atomic E-state index is 12.3. The van der Waals surface area contributed by atoms with Crippen LogP contribution in [0.2, 0.25) is 0 Å². The molecular weight excluding hydrogens is 326 g/mol. The summed E-state index contributed by atoms with van der Waals surface area (Å²) in [5.74, 6) is 2.53. The van der Waals surface area contributed by atoms with Crippen molar-refractivity contribution >= 4 is 21.8 Å². The molecule has 124 valence electrons. The van der Waals surface area contributed by atoms with Crippen LogP contribution in [0.25, 0.3) is 0 Å². The van der Waals surface area contributed by atoms with Gasteiger partial charge in [0.05, 0.1) is 32.5 Å². The molecule has 6 nitrogen and oxygen atoms in total. The van der Waals surface area contributed by atoms with E-state index in [1.54, 1.807) is 52.1 Å². The first kappa shape index (κ1) is 17.2. The Balaban J connectivity index is 2.51. The van der Waals surface area contributed by atoms with E-state index in [1.807, 2.05) is 0 Å². The normalized spacial score (nSPS) is 19.2. The number of thioether (sulfide) groups is 1. The fraction of sp³-hybridized carbons (Fsp3) is 0.571. The van der Waals surface area contributed by atoms with Gasteiger partial charge in [-0.1, -0.05) is 0 Å². The van der Waals surface area contributed by atoms with Crippen molar-refractivity contribution in [3.8, 4) is 17.2 Å². The molecule has 1 aliphatic rings. The highest BCUT2D eigenvalue weighted by Crippen LogP contribution is 2.46. The molecule has 1 heterocycles. The topological polar surface area (TPSA) is 65.1 Å². The number of benzene rings is 1. The van der Waals surface area contributed by atoms with Gasteiger partial charge in [-0.2, -0.15) is 4.31 Å². The fourth-order valence-corrected chi connectivity index (χ4v) is 5.35. The molecule has 1 atom stereocenters. The van der Waals surface area contributed by atoms with Crippen molar-refractivity contribution in [1.29, 1.82) is 0 Å². The van der Waals surface area contributed by atoms with Crippen LogP contribution < -0.4 is 14.2 Å². The van der Waals surface area contributed by atoms with Crippen molar-refractivity contribution in [2.24, 2.45) is 0 Å². The SMILES string of the molecule is CCS(=O)(=O)N1CCSC1c1cc(OC)c(OC)cc1OC. The molecule has 8 heteroatoms. The van der Waals surface area contributed by atoms with Crippen molar-refractivity contribution in [1.82, 2.24) is 4.31 Å². The highest BCUT2D eigenvalue weighted by molar-refractivity contribution is 8.00. The molecule has 0 aliphatic carbocycles. The van der Waals surface area contributed by atoms with Crippen LogP contribution in [0.15, 0.2) is 12.1 Å². The smallest absolute Gasteiger partial charge is 0.215 e. The summed E-state index contributed by atoms with van der Waals surface area (Å²) >= 11 is 1.58. The Morgan fingerprint density at radius 3 is 2.27 bits per heavy atom. The molecule has 22 heavy (non-hydrogen) atoms. The minimum Gasteiger partial charge on any atom is -0.496 e. The molecule has 1 fully saturated rings. The summed E-state index contributed by atoms with van der Waals surface area (Å²) in [6.45, 7) is 2.16. The van der Waals surface area contributed by atoms with Crippen molar-refractivity contribution in [2.45, 2.75) is 12.3 Å². The summed E-state index contributed by atoms with van der Waals surface area (Å²) in [5.41, 5.74) is 0.777. The molecule has 0 saturated carbocycles. The number of ether oxygens (including phenoxy) is 3. The molecular formula is C14H21NO5S2. The highest BCUT2D eigenvalue weighted by Gasteiger charge is 2.37. The molecule has 0 bridgehead atoms. The van der Waals surface area contributed by atoms with Gasteiger partial charge >= 0.3 is 0 Å². The molecule has 2 rings (SSSR count). The fourth-order valence-electron chi connectivity index (χ4n) is 2.40. The van der Waals surface area contributed by atoms with Gasteiger partial charge in [-0.3, -0.25) is 0 Å². The monoisotopic (exact) mass is 347 g/mol. The van der Waals surface area contributed by atoms with E-state index in [0.717, 1.165) is 11.3 Å². The van der Waals surface area contributed by atoms with Crippen LogP contribution in [0.1, 0.15) is 17.9 Å². The average molecular weight is 347 g/mol. The average Bonchev–Trinajstić information content (AvgIpc) is 3.03. The van der Waals surface area contributed by atoms with E-state index < -0.39 is 10.0 Å². The largest absolute Gasteiger partial charge is 0.496 e. The van der Waals surface area contributed by atoms with Gasteiger partial charge in [-0.15, -0.1) is 11.8 Å². The van der Waals surface area contributed by atoms with Gasteiger partial charge < -0.3 is 14.2 Å². The summed E-state index contributed by atoms with van der Waals surface area (Å²) in [6.07, 6.45) is 0. The molecule has 1 aliphatic heterocycles. The maximum Gasteiger partial charge on any atom is 0.215 e. The number of methoxy groups -OCH3 is 3. The number of hydrogen-bond donors (Lipinski definition) is 0. The molecule has 0 spiro atoms. The Hall–Kier alpha value is -1.12. The summed E-state index contributed by atoms with van der Waals surface area (Å²) < 4.78 is 42.1. The Kier molecular flexibility index (Phi) is 5.46. The third kappa shape index (κ3) is 3.13. The van der Waals surface area contributed by atoms with Crippen molar-refractivity contribution in [3.63, 3.8) is 0 Å². The molecule has 0 radical (unpaired) electrons. The zero-order chi connectivity index (χ0) is 16.3. The maximum atomic E-state index is 12.3. The minimum absolute atomic E-state index is 0.0830. The summed E-state index contributed by atoms with van der Waals surface area (Å²) in [5, 5.41) is -0.306. The van der Waals surface area contributed by atoms with Crippen LogP contribution in [0, 0.1) is 0 Å². The number of nitrogens with zero attached hydrogens (tertiary/aromatic N) is 1. The van der Waals surface area contributed by atoms with Crippen molar-refractivity contribution in [3.05, 3.63) is 17.7 Å².